The van der Waals surface area contributed by atoms with E-state index in [-0.39, 0.29) is 11.5 Å². The summed E-state index contributed by atoms with van der Waals surface area (Å²) in [7, 11) is 0. The van der Waals surface area contributed by atoms with Gasteiger partial charge in [0.15, 0.2) is 5.78 Å². The average molecular weight is 304 g/mol. The molecule has 0 saturated carbocycles. The Hall–Kier alpha value is -0.580. The third-order valence-corrected chi connectivity index (χ3v) is 2.90. The van der Waals surface area contributed by atoms with E-state index >= 15 is 0 Å². The van der Waals surface area contributed by atoms with E-state index in [4.69, 9.17) is 0 Å². The first-order valence-corrected chi connectivity index (χ1v) is 5.74. The molecule has 0 aliphatic rings. The van der Waals surface area contributed by atoms with Crippen LogP contribution >= 0.6 is 22.6 Å². The topological polar surface area (TPSA) is 37.3 Å². The van der Waals surface area contributed by atoms with Crippen molar-refractivity contribution in [1.82, 2.24) is 0 Å². The molecular weight excluding hydrogens is 291 g/mol. The van der Waals surface area contributed by atoms with E-state index in [1.807, 2.05) is 0 Å². The minimum absolute atomic E-state index is 0.163. The highest BCUT2D eigenvalue weighted by atomic mass is 127. The first kappa shape index (κ1) is 11.5. The lowest BCUT2D eigenvalue weighted by Crippen LogP contribution is -2.01. The van der Waals surface area contributed by atoms with E-state index in [2.05, 4.69) is 29.5 Å². The molecule has 1 N–H and O–H groups in total. The molecule has 0 fully saturated rings. The third kappa shape index (κ3) is 2.97. The van der Waals surface area contributed by atoms with Crippen LogP contribution in [0, 0.1) is 3.57 Å². The molecule has 0 radical (unpaired) electrons. The van der Waals surface area contributed by atoms with Crippen molar-refractivity contribution in [2.24, 2.45) is 0 Å². The Morgan fingerprint density at radius 1 is 1.50 bits per heavy atom. The van der Waals surface area contributed by atoms with E-state index < -0.39 is 0 Å². The molecule has 1 rings (SSSR count). The van der Waals surface area contributed by atoms with Crippen LogP contribution in [0.5, 0.6) is 5.75 Å². The quantitative estimate of drug-likeness (QED) is 0.684. The van der Waals surface area contributed by atoms with Crippen LogP contribution in [0.3, 0.4) is 0 Å². The maximum atomic E-state index is 11.6. The number of halogens is 1. The van der Waals surface area contributed by atoms with Crippen LogP contribution in [0.4, 0.5) is 0 Å². The van der Waals surface area contributed by atoms with Crippen molar-refractivity contribution in [2.75, 3.05) is 0 Å². The van der Waals surface area contributed by atoms with Gasteiger partial charge in [-0.3, -0.25) is 4.79 Å². The molecule has 0 saturated heterocycles. The van der Waals surface area contributed by atoms with Crippen molar-refractivity contribution >= 4 is 28.4 Å². The standard InChI is InChI=1S/C11H13IO2/c1-2-3-4-11(14)9-6-5-8(13)7-10(9)12/h5-7,13H,2-4H2,1H3. The largest absolute Gasteiger partial charge is 0.508 e. The molecule has 3 heteroatoms. The molecule has 0 bridgehead atoms. The number of Topliss-reactive ketones (excluding diaryl/α,β-unsaturated/α-hetero) is 1. The molecule has 76 valence electrons. The molecule has 1 aromatic rings. The van der Waals surface area contributed by atoms with Crippen molar-refractivity contribution in [3.63, 3.8) is 0 Å². The van der Waals surface area contributed by atoms with Gasteiger partial charge < -0.3 is 5.11 Å². The maximum Gasteiger partial charge on any atom is 0.163 e. The third-order valence-electron chi connectivity index (χ3n) is 2.01. The highest BCUT2D eigenvalue weighted by Gasteiger charge is 2.09. The first-order valence-electron chi connectivity index (χ1n) is 4.67. The summed E-state index contributed by atoms with van der Waals surface area (Å²) in [6, 6.07) is 4.86. The van der Waals surface area contributed by atoms with Crippen LogP contribution in [0.2, 0.25) is 0 Å². The van der Waals surface area contributed by atoms with Gasteiger partial charge in [-0.05, 0) is 47.2 Å². The molecule has 0 unspecified atom stereocenters. The van der Waals surface area contributed by atoms with Crippen molar-refractivity contribution in [1.29, 1.82) is 0 Å². The summed E-state index contributed by atoms with van der Waals surface area (Å²) >= 11 is 2.07. The highest BCUT2D eigenvalue weighted by molar-refractivity contribution is 14.1. The highest BCUT2D eigenvalue weighted by Crippen LogP contribution is 2.20. The normalized spacial score (nSPS) is 10.1. The van der Waals surface area contributed by atoms with Crippen molar-refractivity contribution < 1.29 is 9.90 Å². The minimum atomic E-state index is 0.163. The van der Waals surface area contributed by atoms with Gasteiger partial charge in [-0.25, -0.2) is 0 Å². The Kier molecular flexibility index (Phi) is 4.38. The lowest BCUT2D eigenvalue weighted by Gasteiger charge is -2.03. The van der Waals surface area contributed by atoms with Crippen LogP contribution in [-0.2, 0) is 0 Å². The minimum Gasteiger partial charge on any atom is -0.508 e. The van der Waals surface area contributed by atoms with Gasteiger partial charge in [0.2, 0.25) is 0 Å². The SMILES string of the molecule is CCCCC(=O)c1ccc(O)cc1I. The van der Waals surface area contributed by atoms with E-state index in [0.717, 1.165) is 22.0 Å². The van der Waals surface area contributed by atoms with Crippen molar-refractivity contribution in [3.05, 3.63) is 27.3 Å². The van der Waals surface area contributed by atoms with Gasteiger partial charge in [-0.15, -0.1) is 0 Å². The monoisotopic (exact) mass is 304 g/mol. The summed E-state index contributed by atoms with van der Waals surface area (Å²) in [6.45, 7) is 2.06. The molecule has 1 aromatic carbocycles. The number of carbonyl (C=O) groups excluding carboxylic acids is 1. The number of ketones is 1. The molecule has 2 nitrogen and oxygen atoms in total. The zero-order valence-electron chi connectivity index (χ0n) is 8.09. The predicted octanol–water partition coefficient (Wildman–Crippen LogP) is 3.37. The van der Waals surface area contributed by atoms with Crippen LogP contribution in [0.1, 0.15) is 36.5 Å². The number of hydrogen-bond donors (Lipinski definition) is 1. The fourth-order valence-corrected chi connectivity index (χ4v) is 2.00. The molecule has 0 amide bonds. The Bertz CT molecular complexity index is 334. The van der Waals surface area contributed by atoms with Gasteiger partial charge in [0.25, 0.3) is 0 Å². The maximum absolute atomic E-state index is 11.6. The number of aromatic hydroxyl groups is 1. The number of benzene rings is 1. The number of unbranched alkanes of at least 4 members (excludes halogenated alkanes) is 1. The Labute approximate surface area is 97.5 Å². The van der Waals surface area contributed by atoms with E-state index in [9.17, 15) is 9.90 Å². The zero-order chi connectivity index (χ0) is 10.6. The van der Waals surface area contributed by atoms with E-state index in [0.29, 0.717) is 6.42 Å². The Morgan fingerprint density at radius 2 is 2.21 bits per heavy atom. The molecule has 0 heterocycles. The second-order valence-corrected chi connectivity index (χ2v) is 4.35. The van der Waals surface area contributed by atoms with Crippen LogP contribution in [0.25, 0.3) is 0 Å². The fraction of sp³-hybridized carbons (Fsp3) is 0.364. The van der Waals surface area contributed by atoms with Crippen LogP contribution in [0.15, 0.2) is 18.2 Å². The van der Waals surface area contributed by atoms with E-state index in [1.165, 1.54) is 0 Å². The lowest BCUT2D eigenvalue weighted by atomic mass is 10.1. The van der Waals surface area contributed by atoms with Crippen LogP contribution < -0.4 is 0 Å². The summed E-state index contributed by atoms with van der Waals surface area (Å²) in [5.41, 5.74) is 0.719. The van der Waals surface area contributed by atoms with Gasteiger partial charge >= 0.3 is 0 Å². The van der Waals surface area contributed by atoms with Crippen LogP contribution in [-0.4, -0.2) is 10.9 Å². The van der Waals surface area contributed by atoms with Gasteiger partial charge in [0, 0.05) is 15.6 Å². The molecule has 14 heavy (non-hydrogen) atoms. The van der Waals surface area contributed by atoms with Gasteiger partial charge in [0.05, 0.1) is 0 Å². The first-order chi connectivity index (χ1) is 6.65. The molecule has 0 aliphatic carbocycles. The van der Waals surface area contributed by atoms with Gasteiger partial charge in [-0.2, -0.15) is 0 Å². The smallest absolute Gasteiger partial charge is 0.163 e. The second-order valence-electron chi connectivity index (χ2n) is 3.19. The molecule has 0 spiro atoms. The van der Waals surface area contributed by atoms with Crippen molar-refractivity contribution in [3.8, 4) is 5.75 Å². The predicted molar refractivity (Wildman–Crippen MR) is 64.7 cm³/mol. The molecule has 0 aromatic heterocycles. The summed E-state index contributed by atoms with van der Waals surface area (Å²) in [5, 5.41) is 9.18. The summed E-state index contributed by atoms with van der Waals surface area (Å²) < 4.78 is 0.823. The van der Waals surface area contributed by atoms with Gasteiger partial charge in [0.1, 0.15) is 5.75 Å². The fourth-order valence-electron chi connectivity index (χ4n) is 1.20. The second kappa shape index (κ2) is 5.34. The number of carbonyl (C=O) groups is 1. The molecule has 0 aliphatic heterocycles. The number of rotatable bonds is 4. The number of phenolic OH excluding ortho intramolecular Hbond substituents is 1. The summed E-state index contributed by atoms with van der Waals surface area (Å²) in [6.07, 6.45) is 2.55. The average Bonchev–Trinajstić information content (AvgIpc) is 2.14. The molecule has 0 atom stereocenters. The van der Waals surface area contributed by atoms with Gasteiger partial charge in [-0.1, -0.05) is 13.3 Å². The van der Waals surface area contributed by atoms with Crippen molar-refractivity contribution in [2.45, 2.75) is 26.2 Å². The number of hydrogen-bond acceptors (Lipinski definition) is 2. The zero-order valence-corrected chi connectivity index (χ0v) is 10.2. The summed E-state index contributed by atoms with van der Waals surface area (Å²) in [4.78, 5) is 11.6. The Balaban J connectivity index is 2.80. The Morgan fingerprint density at radius 3 is 2.79 bits per heavy atom. The number of phenols is 1. The summed E-state index contributed by atoms with van der Waals surface area (Å²) in [5.74, 6) is 0.373. The van der Waals surface area contributed by atoms with E-state index in [1.54, 1.807) is 18.2 Å². The lowest BCUT2D eigenvalue weighted by molar-refractivity contribution is 0.0979. The molecular formula is C11H13IO2.